The Balaban J connectivity index is 1.13. The summed E-state index contributed by atoms with van der Waals surface area (Å²) in [5, 5.41) is 8.43. The molecule has 1 fully saturated rings. The first-order chi connectivity index (χ1) is 17.6. The van der Waals surface area contributed by atoms with E-state index in [9.17, 15) is 0 Å². The normalized spacial score (nSPS) is 15.2. The fourth-order valence-electron chi connectivity index (χ4n) is 4.42. The molecule has 0 saturated carbocycles. The molecule has 1 atom stereocenters. The number of benzene rings is 2. The van der Waals surface area contributed by atoms with Gasteiger partial charge in [0.25, 0.3) is 0 Å². The standard InChI is InChI=1S/C28H33N5O3/c1-20-27-16-22(5-6-28(27)32-31-20)23-15-26(18-30-17-23)36-19-24(29)13-21-3-2-4-25(14-21)35-12-9-33-7-10-34-11-8-33/h2-6,14-18,24H,7-13,19,29H2,1H3,(H,31,32)/t24-/m0/s1. The maximum Gasteiger partial charge on any atom is 0.138 e. The Bertz CT molecular complexity index is 1290. The predicted octanol–water partition coefficient (Wildman–Crippen LogP) is 3.59. The third-order valence-corrected chi connectivity index (χ3v) is 6.43. The van der Waals surface area contributed by atoms with Gasteiger partial charge in [0, 0.05) is 48.5 Å². The minimum absolute atomic E-state index is 0.151. The van der Waals surface area contributed by atoms with Crippen LogP contribution in [0.4, 0.5) is 0 Å². The van der Waals surface area contributed by atoms with Crippen molar-refractivity contribution in [3.05, 3.63) is 72.2 Å². The highest BCUT2D eigenvalue weighted by molar-refractivity contribution is 5.86. The molecule has 2 aromatic heterocycles. The number of aromatic nitrogens is 3. The quantitative estimate of drug-likeness (QED) is 0.353. The van der Waals surface area contributed by atoms with E-state index in [1.165, 1.54) is 0 Å². The van der Waals surface area contributed by atoms with Crippen molar-refractivity contribution in [1.29, 1.82) is 0 Å². The largest absolute Gasteiger partial charge is 0.492 e. The molecule has 3 N–H and O–H groups in total. The van der Waals surface area contributed by atoms with Crippen molar-refractivity contribution >= 4 is 10.9 Å². The minimum Gasteiger partial charge on any atom is -0.492 e. The number of H-pyrrole nitrogens is 1. The van der Waals surface area contributed by atoms with Crippen LogP contribution in [0.3, 0.4) is 0 Å². The maximum atomic E-state index is 6.40. The molecule has 0 unspecified atom stereocenters. The van der Waals surface area contributed by atoms with Gasteiger partial charge in [-0.3, -0.25) is 15.0 Å². The van der Waals surface area contributed by atoms with Crippen molar-refractivity contribution in [1.82, 2.24) is 20.1 Å². The zero-order valence-corrected chi connectivity index (χ0v) is 20.7. The molecule has 188 valence electrons. The van der Waals surface area contributed by atoms with Crippen molar-refractivity contribution in [2.24, 2.45) is 5.73 Å². The molecule has 0 aliphatic carbocycles. The van der Waals surface area contributed by atoms with Crippen LogP contribution in [-0.2, 0) is 11.2 Å². The summed E-state index contributed by atoms with van der Waals surface area (Å²) in [5.74, 6) is 1.57. The van der Waals surface area contributed by atoms with Crippen LogP contribution in [0.2, 0.25) is 0 Å². The fourth-order valence-corrected chi connectivity index (χ4v) is 4.42. The molecule has 36 heavy (non-hydrogen) atoms. The summed E-state index contributed by atoms with van der Waals surface area (Å²) in [7, 11) is 0. The lowest BCUT2D eigenvalue weighted by Crippen LogP contribution is -2.38. The molecule has 2 aromatic carbocycles. The highest BCUT2D eigenvalue weighted by Gasteiger charge is 2.11. The number of ether oxygens (including phenoxy) is 3. The van der Waals surface area contributed by atoms with Crippen molar-refractivity contribution in [2.75, 3.05) is 46.1 Å². The van der Waals surface area contributed by atoms with E-state index < -0.39 is 0 Å². The van der Waals surface area contributed by atoms with E-state index in [4.69, 9.17) is 19.9 Å². The number of hydrogen-bond donors (Lipinski definition) is 2. The van der Waals surface area contributed by atoms with Gasteiger partial charge in [-0.05, 0) is 54.8 Å². The van der Waals surface area contributed by atoms with E-state index in [-0.39, 0.29) is 6.04 Å². The lowest BCUT2D eigenvalue weighted by atomic mass is 10.0. The second kappa shape index (κ2) is 11.5. The summed E-state index contributed by atoms with van der Waals surface area (Å²) in [6.07, 6.45) is 4.26. The molecule has 1 saturated heterocycles. The smallest absolute Gasteiger partial charge is 0.138 e. The second-order valence-corrected chi connectivity index (χ2v) is 9.21. The van der Waals surface area contributed by atoms with Gasteiger partial charge in [0.05, 0.1) is 24.9 Å². The van der Waals surface area contributed by atoms with E-state index in [1.807, 2.05) is 43.5 Å². The molecule has 0 amide bonds. The molecule has 0 radical (unpaired) electrons. The number of nitrogens with zero attached hydrogens (tertiary/aromatic N) is 3. The Morgan fingerprint density at radius 1 is 1.03 bits per heavy atom. The average Bonchev–Trinajstić information content (AvgIpc) is 3.28. The van der Waals surface area contributed by atoms with Gasteiger partial charge in [-0.1, -0.05) is 18.2 Å². The minimum atomic E-state index is -0.151. The van der Waals surface area contributed by atoms with Gasteiger partial charge in [-0.15, -0.1) is 0 Å². The maximum absolute atomic E-state index is 6.40. The van der Waals surface area contributed by atoms with E-state index in [0.29, 0.717) is 25.4 Å². The summed E-state index contributed by atoms with van der Waals surface area (Å²) in [6, 6.07) is 16.2. The number of morpholine rings is 1. The third kappa shape index (κ3) is 6.20. The van der Waals surface area contributed by atoms with Crippen LogP contribution < -0.4 is 15.2 Å². The fraction of sp³-hybridized carbons (Fsp3) is 0.357. The summed E-state index contributed by atoms with van der Waals surface area (Å²) in [4.78, 5) is 6.73. The monoisotopic (exact) mass is 487 g/mol. The van der Waals surface area contributed by atoms with Gasteiger partial charge < -0.3 is 19.9 Å². The zero-order valence-electron chi connectivity index (χ0n) is 20.7. The summed E-state index contributed by atoms with van der Waals surface area (Å²) in [6.45, 7) is 7.52. The molecular weight excluding hydrogens is 454 g/mol. The third-order valence-electron chi connectivity index (χ3n) is 6.43. The number of nitrogens with one attached hydrogen (secondary N) is 1. The lowest BCUT2D eigenvalue weighted by molar-refractivity contribution is 0.0322. The lowest BCUT2D eigenvalue weighted by Gasteiger charge is -2.26. The van der Waals surface area contributed by atoms with E-state index in [1.54, 1.807) is 6.20 Å². The molecule has 1 aliphatic rings. The van der Waals surface area contributed by atoms with Gasteiger partial charge in [0.1, 0.15) is 24.7 Å². The van der Waals surface area contributed by atoms with Crippen LogP contribution in [0, 0.1) is 6.92 Å². The predicted molar refractivity (Wildman–Crippen MR) is 140 cm³/mol. The van der Waals surface area contributed by atoms with Crippen LogP contribution in [0.15, 0.2) is 60.9 Å². The molecule has 3 heterocycles. The Kier molecular flexibility index (Phi) is 7.76. The summed E-state index contributed by atoms with van der Waals surface area (Å²) >= 11 is 0. The van der Waals surface area contributed by atoms with Crippen molar-refractivity contribution in [3.63, 3.8) is 0 Å². The Morgan fingerprint density at radius 3 is 2.81 bits per heavy atom. The zero-order chi connectivity index (χ0) is 24.7. The number of rotatable bonds is 10. The summed E-state index contributed by atoms with van der Waals surface area (Å²) in [5.41, 5.74) is 11.6. The van der Waals surface area contributed by atoms with Crippen LogP contribution in [0.1, 0.15) is 11.3 Å². The molecular formula is C28H33N5O3. The highest BCUT2D eigenvalue weighted by Crippen LogP contribution is 2.27. The topological polar surface area (TPSA) is 98.5 Å². The first-order valence-electron chi connectivity index (χ1n) is 12.4. The first kappa shape index (κ1) is 24.2. The second-order valence-electron chi connectivity index (χ2n) is 9.21. The summed E-state index contributed by atoms with van der Waals surface area (Å²) < 4.78 is 17.4. The SMILES string of the molecule is Cc1[nH]nc2ccc(-c3cncc(OC[C@@H](N)Cc4cccc(OCCN5CCOCC5)c4)c3)cc12. The number of nitrogens with two attached hydrogens (primary N) is 1. The van der Waals surface area contributed by atoms with E-state index in [2.05, 4.69) is 38.3 Å². The van der Waals surface area contributed by atoms with Gasteiger partial charge in [-0.2, -0.15) is 5.10 Å². The number of aromatic amines is 1. The van der Waals surface area contributed by atoms with E-state index >= 15 is 0 Å². The van der Waals surface area contributed by atoms with Gasteiger partial charge >= 0.3 is 0 Å². The Labute approximate surface area is 211 Å². The van der Waals surface area contributed by atoms with E-state index in [0.717, 1.165) is 71.9 Å². The van der Waals surface area contributed by atoms with Gasteiger partial charge in [0.15, 0.2) is 0 Å². The van der Waals surface area contributed by atoms with Gasteiger partial charge in [0.2, 0.25) is 0 Å². The molecule has 5 rings (SSSR count). The van der Waals surface area contributed by atoms with Crippen molar-refractivity contribution in [2.45, 2.75) is 19.4 Å². The first-order valence-corrected chi connectivity index (χ1v) is 12.4. The number of hydrogen-bond acceptors (Lipinski definition) is 7. The molecule has 4 aromatic rings. The van der Waals surface area contributed by atoms with Crippen LogP contribution in [0.5, 0.6) is 11.5 Å². The average molecular weight is 488 g/mol. The Hall–Kier alpha value is -3.46. The highest BCUT2D eigenvalue weighted by atomic mass is 16.5. The molecule has 1 aliphatic heterocycles. The van der Waals surface area contributed by atoms with Crippen LogP contribution in [0.25, 0.3) is 22.0 Å². The molecule has 0 bridgehead atoms. The van der Waals surface area contributed by atoms with Crippen molar-refractivity contribution < 1.29 is 14.2 Å². The van der Waals surface area contributed by atoms with Crippen LogP contribution >= 0.6 is 0 Å². The van der Waals surface area contributed by atoms with Crippen molar-refractivity contribution in [3.8, 4) is 22.6 Å². The Morgan fingerprint density at radius 2 is 1.92 bits per heavy atom. The molecule has 8 nitrogen and oxygen atoms in total. The van der Waals surface area contributed by atoms with Crippen LogP contribution in [-0.4, -0.2) is 72.2 Å². The molecule has 8 heteroatoms. The van der Waals surface area contributed by atoms with Gasteiger partial charge in [-0.25, -0.2) is 0 Å². The number of fused-ring (bicyclic) bond motifs is 1. The molecule has 0 spiro atoms. The number of aryl methyl sites for hydroxylation is 1. The number of pyridine rings is 1.